The molecule has 0 aliphatic heterocycles. The van der Waals surface area contributed by atoms with E-state index in [0.29, 0.717) is 0 Å². The largest absolute Gasteiger partial charge is 0.311 e. The van der Waals surface area contributed by atoms with Crippen LogP contribution in [0.15, 0.2) is 4.63 Å². The van der Waals surface area contributed by atoms with Gasteiger partial charge in [0, 0.05) is 6.54 Å². The number of aryl methyl sites for hydroxylation is 1. The SMILES string of the molecule is Cc1nonc1CNCCCN(C)C. The van der Waals surface area contributed by atoms with E-state index in [1.54, 1.807) is 0 Å². The van der Waals surface area contributed by atoms with Crippen molar-refractivity contribution in [2.24, 2.45) is 0 Å². The molecule has 1 N–H and O–H groups in total. The fraction of sp³-hybridized carbons (Fsp3) is 0.778. The lowest BCUT2D eigenvalue weighted by Crippen LogP contribution is -2.21. The molecule has 0 bridgehead atoms. The maximum Gasteiger partial charge on any atom is 0.121 e. The van der Waals surface area contributed by atoms with Crippen molar-refractivity contribution in [3.63, 3.8) is 0 Å². The molecular formula is C9H18N4O. The summed E-state index contributed by atoms with van der Waals surface area (Å²) in [6.07, 6.45) is 1.14. The van der Waals surface area contributed by atoms with Crippen molar-refractivity contribution >= 4 is 0 Å². The Kier molecular flexibility index (Phi) is 4.55. The van der Waals surface area contributed by atoms with Crippen LogP contribution in [0.25, 0.3) is 0 Å². The van der Waals surface area contributed by atoms with Crippen LogP contribution in [-0.2, 0) is 6.54 Å². The van der Waals surface area contributed by atoms with Crippen LogP contribution in [0.3, 0.4) is 0 Å². The van der Waals surface area contributed by atoms with Crippen LogP contribution in [0.4, 0.5) is 0 Å². The Morgan fingerprint density at radius 2 is 2.14 bits per heavy atom. The van der Waals surface area contributed by atoms with E-state index in [4.69, 9.17) is 0 Å². The molecule has 1 rings (SSSR count). The van der Waals surface area contributed by atoms with E-state index in [2.05, 4.69) is 39.3 Å². The molecular weight excluding hydrogens is 180 g/mol. The Morgan fingerprint density at radius 1 is 1.36 bits per heavy atom. The molecule has 0 atom stereocenters. The number of rotatable bonds is 6. The second-order valence-corrected chi connectivity index (χ2v) is 3.63. The van der Waals surface area contributed by atoms with Crippen molar-refractivity contribution in [2.75, 3.05) is 27.2 Å². The molecule has 0 unspecified atom stereocenters. The van der Waals surface area contributed by atoms with Gasteiger partial charge in [0.25, 0.3) is 0 Å². The molecule has 0 saturated heterocycles. The highest BCUT2D eigenvalue weighted by molar-refractivity contribution is 5.03. The second kappa shape index (κ2) is 5.72. The zero-order valence-corrected chi connectivity index (χ0v) is 9.08. The van der Waals surface area contributed by atoms with E-state index < -0.39 is 0 Å². The van der Waals surface area contributed by atoms with Gasteiger partial charge in [-0.3, -0.25) is 0 Å². The molecule has 0 aliphatic carbocycles. The molecule has 14 heavy (non-hydrogen) atoms. The van der Waals surface area contributed by atoms with Crippen LogP contribution in [-0.4, -0.2) is 42.4 Å². The number of aromatic nitrogens is 2. The second-order valence-electron chi connectivity index (χ2n) is 3.63. The standard InChI is InChI=1S/C9H18N4O/c1-8-9(12-14-11-8)7-10-5-4-6-13(2)3/h10H,4-7H2,1-3H3. The van der Waals surface area contributed by atoms with Crippen LogP contribution in [0.2, 0.25) is 0 Å². The van der Waals surface area contributed by atoms with E-state index in [1.165, 1.54) is 0 Å². The van der Waals surface area contributed by atoms with Crippen molar-refractivity contribution in [1.82, 2.24) is 20.5 Å². The molecule has 0 fully saturated rings. The van der Waals surface area contributed by atoms with E-state index in [9.17, 15) is 0 Å². The summed E-state index contributed by atoms with van der Waals surface area (Å²) < 4.78 is 4.59. The first kappa shape index (κ1) is 11.1. The summed E-state index contributed by atoms with van der Waals surface area (Å²) in [5.41, 5.74) is 1.76. The first-order valence-electron chi connectivity index (χ1n) is 4.83. The highest BCUT2D eigenvalue weighted by Crippen LogP contribution is 1.98. The highest BCUT2D eigenvalue weighted by Gasteiger charge is 2.03. The number of hydrogen-bond donors (Lipinski definition) is 1. The maximum atomic E-state index is 4.59. The van der Waals surface area contributed by atoms with Gasteiger partial charge in [-0.2, -0.15) is 0 Å². The first-order valence-corrected chi connectivity index (χ1v) is 4.83. The maximum absolute atomic E-state index is 4.59. The third-order valence-corrected chi connectivity index (χ3v) is 2.00. The van der Waals surface area contributed by atoms with Crippen molar-refractivity contribution in [3.05, 3.63) is 11.4 Å². The third-order valence-electron chi connectivity index (χ3n) is 2.00. The van der Waals surface area contributed by atoms with Crippen LogP contribution < -0.4 is 5.32 Å². The number of hydrogen-bond acceptors (Lipinski definition) is 5. The number of nitrogens with one attached hydrogen (secondary N) is 1. The van der Waals surface area contributed by atoms with Gasteiger partial charge in [0.2, 0.25) is 0 Å². The lowest BCUT2D eigenvalue weighted by Gasteiger charge is -2.08. The Bertz CT molecular complexity index is 259. The Hall–Kier alpha value is -0.940. The average Bonchev–Trinajstić information content (AvgIpc) is 2.51. The molecule has 80 valence electrons. The van der Waals surface area contributed by atoms with Gasteiger partial charge in [0.1, 0.15) is 11.4 Å². The molecule has 1 heterocycles. The van der Waals surface area contributed by atoms with Crippen LogP contribution in [0.5, 0.6) is 0 Å². The van der Waals surface area contributed by atoms with Gasteiger partial charge in [-0.25, -0.2) is 4.63 Å². The van der Waals surface area contributed by atoms with Crippen molar-refractivity contribution in [1.29, 1.82) is 0 Å². The minimum atomic E-state index is 0.739. The van der Waals surface area contributed by atoms with Gasteiger partial charge in [-0.1, -0.05) is 10.3 Å². The minimum absolute atomic E-state index is 0.739. The summed E-state index contributed by atoms with van der Waals surface area (Å²) in [7, 11) is 4.15. The Morgan fingerprint density at radius 3 is 2.71 bits per heavy atom. The third kappa shape index (κ3) is 3.85. The molecule has 0 aromatic carbocycles. The van der Waals surface area contributed by atoms with Crippen LogP contribution in [0, 0.1) is 6.92 Å². The van der Waals surface area contributed by atoms with Gasteiger partial charge in [0.15, 0.2) is 0 Å². The average molecular weight is 198 g/mol. The molecule has 0 amide bonds. The number of nitrogens with zero attached hydrogens (tertiary/aromatic N) is 3. The minimum Gasteiger partial charge on any atom is -0.311 e. The fourth-order valence-corrected chi connectivity index (χ4v) is 1.14. The van der Waals surface area contributed by atoms with Crippen molar-refractivity contribution in [2.45, 2.75) is 19.9 Å². The Labute approximate surface area is 84.4 Å². The molecule has 0 aliphatic rings. The van der Waals surface area contributed by atoms with Crippen molar-refractivity contribution in [3.8, 4) is 0 Å². The van der Waals surface area contributed by atoms with Gasteiger partial charge in [-0.15, -0.1) is 0 Å². The van der Waals surface area contributed by atoms with E-state index in [-0.39, 0.29) is 0 Å². The summed E-state index contributed by atoms with van der Waals surface area (Å²) in [6.45, 7) is 4.73. The van der Waals surface area contributed by atoms with Crippen LogP contribution in [0.1, 0.15) is 17.8 Å². The predicted octanol–water partition coefficient (Wildman–Crippen LogP) is 0.419. The summed E-state index contributed by atoms with van der Waals surface area (Å²) in [4.78, 5) is 2.17. The van der Waals surface area contributed by atoms with Gasteiger partial charge in [-0.05, 0) is 40.5 Å². The molecule has 1 aromatic heterocycles. The normalized spacial score (nSPS) is 11.1. The lowest BCUT2D eigenvalue weighted by atomic mass is 10.3. The molecule has 0 radical (unpaired) electrons. The zero-order valence-electron chi connectivity index (χ0n) is 9.08. The fourth-order valence-electron chi connectivity index (χ4n) is 1.14. The van der Waals surface area contributed by atoms with Gasteiger partial charge < -0.3 is 10.2 Å². The van der Waals surface area contributed by atoms with Crippen molar-refractivity contribution < 1.29 is 4.63 Å². The van der Waals surface area contributed by atoms with E-state index in [0.717, 1.165) is 37.4 Å². The first-order chi connectivity index (χ1) is 6.70. The molecule has 0 saturated carbocycles. The summed E-state index contributed by atoms with van der Waals surface area (Å²) in [5.74, 6) is 0. The van der Waals surface area contributed by atoms with E-state index in [1.807, 2.05) is 6.92 Å². The van der Waals surface area contributed by atoms with Gasteiger partial charge in [0.05, 0.1) is 0 Å². The Balaban J connectivity index is 2.08. The summed E-state index contributed by atoms with van der Waals surface area (Å²) >= 11 is 0. The summed E-state index contributed by atoms with van der Waals surface area (Å²) in [6, 6.07) is 0. The topological polar surface area (TPSA) is 54.2 Å². The molecule has 5 heteroatoms. The monoisotopic (exact) mass is 198 g/mol. The summed E-state index contributed by atoms with van der Waals surface area (Å²) in [5, 5.41) is 10.8. The molecule has 1 aromatic rings. The molecule has 5 nitrogen and oxygen atoms in total. The smallest absolute Gasteiger partial charge is 0.121 e. The highest BCUT2D eigenvalue weighted by atomic mass is 16.6. The predicted molar refractivity (Wildman–Crippen MR) is 53.9 cm³/mol. The zero-order chi connectivity index (χ0) is 10.4. The quantitative estimate of drug-likeness (QED) is 0.671. The van der Waals surface area contributed by atoms with E-state index >= 15 is 0 Å². The van der Waals surface area contributed by atoms with Crippen LogP contribution >= 0.6 is 0 Å². The molecule has 0 spiro atoms. The van der Waals surface area contributed by atoms with Gasteiger partial charge >= 0.3 is 0 Å². The lowest BCUT2D eigenvalue weighted by molar-refractivity contribution is 0.300.